The molecule has 6 heteroatoms. The zero-order valence-electron chi connectivity index (χ0n) is 10.3. The minimum Gasteiger partial charge on any atom is -0.381 e. The van der Waals surface area contributed by atoms with Gasteiger partial charge in [-0.2, -0.15) is 5.26 Å². The highest BCUT2D eigenvalue weighted by atomic mass is 35.5. The van der Waals surface area contributed by atoms with E-state index in [4.69, 9.17) is 16.9 Å². The average molecular weight is 288 g/mol. The molecule has 1 N–H and O–H groups in total. The smallest absolute Gasteiger partial charge is 0.289 e. The zero-order valence-corrected chi connectivity index (χ0v) is 11.1. The van der Waals surface area contributed by atoms with Crippen molar-refractivity contribution < 1.29 is 4.92 Å². The van der Waals surface area contributed by atoms with Crippen molar-refractivity contribution in [1.29, 1.82) is 5.26 Å². The van der Waals surface area contributed by atoms with Crippen LogP contribution < -0.4 is 5.32 Å². The number of nitro benzene ring substituents is 1. The van der Waals surface area contributed by atoms with Gasteiger partial charge in [0.1, 0.15) is 11.6 Å². The van der Waals surface area contributed by atoms with Gasteiger partial charge in [-0.05, 0) is 29.8 Å². The molecule has 0 aromatic heterocycles. The monoisotopic (exact) mass is 287 g/mol. The van der Waals surface area contributed by atoms with Crippen molar-refractivity contribution in [3.63, 3.8) is 0 Å². The van der Waals surface area contributed by atoms with Gasteiger partial charge in [0.05, 0.1) is 4.92 Å². The topological polar surface area (TPSA) is 79.0 Å². The zero-order chi connectivity index (χ0) is 14.5. The minimum atomic E-state index is -0.563. The number of benzene rings is 2. The summed E-state index contributed by atoms with van der Waals surface area (Å²) in [7, 11) is 0. The molecule has 0 atom stereocenters. The Bertz CT molecular complexity index is 678. The Morgan fingerprint density at radius 2 is 1.95 bits per heavy atom. The van der Waals surface area contributed by atoms with E-state index in [0.717, 1.165) is 5.56 Å². The van der Waals surface area contributed by atoms with Gasteiger partial charge in [0.25, 0.3) is 5.69 Å². The molecule has 0 bridgehead atoms. The van der Waals surface area contributed by atoms with E-state index in [-0.39, 0.29) is 11.3 Å². The Labute approximate surface area is 120 Å². The van der Waals surface area contributed by atoms with Gasteiger partial charge in [-0.3, -0.25) is 10.1 Å². The van der Waals surface area contributed by atoms with Crippen LogP contribution in [0.25, 0.3) is 0 Å². The van der Waals surface area contributed by atoms with E-state index in [2.05, 4.69) is 5.32 Å². The summed E-state index contributed by atoms with van der Waals surface area (Å²) >= 11 is 5.79. The Morgan fingerprint density at radius 1 is 1.25 bits per heavy atom. The Hall–Kier alpha value is -2.58. The fourth-order valence-electron chi connectivity index (χ4n) is 1.69. The van der Waals surface area contributed by atoms with Crippen LogP contribution in [-0.4, -0.2) is 4.92 Å². The summed E-state index contributed by atoms with van der Waals surface area (Å²) in [6.45, 7) is 0.514. The largest absolute Gasteiger partial charge is 0.381 e. The van der Waals surface area contributed by atoms with Crippen molar-refractivity contribution in [3.8, 4) is 6.07 Å². The molecular formula is C14H10ClN3O2. The second-order valence-corrected chi connectivity index (χ2v) is 4.52. The van der Waals surface area contributed by atoms with Crippen LogP contribution in [0.4, 0.5) is 11.4 Å². The lowest BCUT2D eigenvalue weighted by molar-refractivity contribution is -0.385. The third kappa shape index (κ3) is 3.25. The van der Waals surface area contributed by atoms with Crippen LogP contribution >= 0.6 is 11.6 Å². The van der Waals surface area contributed by atoms with Crippen LogP contribution in [0, 0.1) is 21.4 Å². The third-order valence-electron chi connectivity index (χ3n) is 2.72. The number of anilines is 1. The van der Waals surface area contributed by atoms with Crippen LogP contribution in [0.3, 0.4) is 0 Å². The first-order valence-corrected chi connectivity index (χ1v) is 6.15. The molecule has 5 nitrogen and oxygen atoms in total. The predicted molar refractivity (Wildman–Crippen MR) is 76.6 cm³/mol. The molecule has 0 unspecified atom stereocenters. The number of hydrogen-bond donors (Lipinski definition) is 1. The number of nitrogens with zero attached hydrogens (tertiary/aromatic N) is 2. The van der Waals surface area contributed by atoms with Crippen molar-refractivity contribution in [1.82, 2.24) is 0 Å². The lowest BCUT2D eigenvalue weighted by Gasteiger charge is -2.07. The fourth-order valence-corrected chi connectivity index (χ4v) is 1.82. The SMILES string of the molecule is N#Cc1ccc(NCc2ccc(Cl)cc2)cc1[N+](=O)[O-]. The molecule has 0 aliphatic heterocycles. The second-order valence-electron chi connectivity index (χ2n) is 4.08. The van der Waals surface area contributed by atoms with Crippen molar-refractivity contribution in [2.24, 2.45) is 0 Å². The maximum atomic E-state index is 10.9. The highest BCUT2D eigenvalue weighted by molar-refractivity contribution is 6.30. The maximum absolute atomic E-state index is 10.9. The van der Waals surface area contributed by atoms with Crippen LogP contribution in [0.15, 0.2) is 42.5 Å². The molecule has 20 heavy (non-hydrogen) atoms. The van der Waals surface area contributed by atoms with Crippen LogP contribution in [0.5, 0.6) is 0 Å². The van der Waals surface area contributed by atoms with Crippen LogP contribution in [0.1, 0.15) is 11.1 Å². The van der Waals surface area contributed by atoms with E-state index in [1.54, 1.807) is 24.3 Å². The normalized spacial score (nSPS) is 9.80. The Kier molecular flexibility index (Phi) is 4.18. The van der Waals surface area contributed by atoms with Crippen molar-refractivity contribution in [2.45, 2.75) is 6.54 Å². The van der Waals surface area contributed by atoms with Crippen molar-refractivity contribution >= 4 is 23.0 Å². The van der Waals surface area contributed by atoms with Gasteiger partial charge in [0, 0.05) is 23.3 Å². The summed E-state index contributed by atoms with van der Waals surface area (Å²) in [6, 6.07) is 13.5. The van der Waals surface area contributed by atoms with Gasteiger partial charge in [0.15, 0.2) is 0 Å². The Balaban J connectivity index is 2.14. The summed E-state index contributed by atoms with van der Waals surface area (Å²) in [5.41, 5.74) is 1.44. The molecule has 0 radical (unpaired) electrons. The lowest BCUT2D eigenvalue weighted by Crippen LogP contribution is -2.00. The number of halogens is 1. The van der Waals surface area contributed by atoms with E-state index in [9.17, 15) is 10.1 Å². The summed E-state index contributed by atoms with van der Waals surface area (Å²) < 4.78 is 0. The molecule has 0 spiro atoms. The van der Waals surface area contributed by atoms with E-state index >= 15 is 0 Å². The summed E-state index contributed by atoms with van der Waals surface area (Å²) in [5.74, 6) is 0. The van der Waals surface area contributed by atoms with Gasteiger partial charge in [-0.1, -0.05) is 23.7 Å². The van der Waals surface area contributed by atoms with E-state index < -0.39 is 4.92 Å². The molecule has 0 saturated heterocycles. The standard InChI is InChI=1S/C14H10ClN3O2/c15-12-4-1-10(2-5-12)9-17-13-6-3-11(8-16)14(7-13)18(19)20/h1-7,17H,9H2. The van der Waals surface area contributed by atoms with Gasteiger partial charge in [-0.15, -0.1) is 0 Å². The van der Waals surface area contributed by atoms with Gasteiger partial charge >= 0.3 is 0 Å². The molecule has 0 fully saturated rings. The van der Waals surface area contributed by atoms with E-state index in [1.807, 2.05) is 12.1 Å². The van der Waals surface area contributed by atoms with E-state index in [1.165, 1.54) is 12.1 Å². The molecule has 2 rings (SSSR count). The summed E-state index contributed by atoms with van der Waals surface area (Å²) in [6.07, 6.45) is 0. The number of nitrogens with one attached hydrogen (secondary N) is 1. The minimum absolute atomic E-state index is 0.0482. The van der Waals surface area contributed by atoms with Crippen LogP contribution in [0.2, 0.25) is 5.02 Å². The average Bonchev–Trinajstić information content (AvgIpc) is 2.46. The van der Waals surface area contributed by atoms with Crippen LogP contribution in [-0.2, 0) is 6.54 Å². The molecule has 0 heterocycles. The number of nitriles is 1. The molecule has 0 aliphatic carbocycles. The van der Waals surface area contributed by atoms with Crippen molar-refractivity contribution in [3.05, 3.63) is 68.7 Å². The first kappa shape index (κ1) is 13.8. The Morgan fingerprint density at radius 3 is 2.55 bits per heavy atom. The molecule has 0 amide bonds. The third-order valence-corrected chi connectivity index (χ3v) is 2.98. The molecule has 0 aliphatic rings. The maximum Gasteiger partial charge on any atom is 0.289 e. The first-order chi connectivity index (χ1) is 9.60. The fraction of sp³-hybridized carbons (Fsp3) is 0.0714. The molecule has 2 aromatic carbocycles. The van der Waals surface area contributed by atoms with Gasteiger partial charge in [-0.25, -0.2) is 0 Å². The lowest BCUT2D eigenvalue weighted by atomic mass is 10.1. The second kappa shape index (κ2) is 6.04. The first-order valence-electron chi connectivity index (χ1n) is 5.77. The molecular weight excluding hydrogens is 278 g/mol. The molecule has 0 saturated carbocycles. The summed E-state index contributed by atoms with van der Waals surface area (Å²) in [5, 5.41) is 23.4. The van der Waals surface area contributed by atoms with Gasteiger partial charge in [0.2, 0.25) is 0 Å². The van der Waals surface area contributed by atoms with Crippen molar-refractivity contribution in [2.75, 3.05) is 5.32 Å². The molecule has 100 valence electrons. The van der Waals surface area contributed by atoms with Gasteiger partial charge < -0.3 is 5.32 Å². The number of rotatable bonds is 4. The van der Waals surface area contributed by atoms with E-state index in [0.29, 0.717) is 17.3 Å². The highest BCUT2D eigenvalue weighted by Crippen LogP contribution is 2.23. The molecule has 2 aromatic rings. The number of nitro groups is 1. The summed E-state index contributed by atoms with van der Waals surface area (Å²) in [4.78, 5) is 10.3. The predicted octanol–water partition coefficient (Wildman–Crippen LogP) is 3.73. The highest BCUT2D eigenvalue weighted by Gasteiger charge is 2.13. The quantitative estimate of drug-likeness (QED) is 0.686. The number of hydrogen-bond acceptors (Lipinski definition) is 4.